The van der Waals surface area contributed by atoms with Gasteiger partial charge in [0.25, 0.3) is 0 Å². The molecule has 0 fully saturated rings. The summed E-state index contributed by atoms with van der Waals surface area (Å²) in [4.78, 5) is 2.51. The van der Waals surface area contributed by atoms with Crippen molar-refractivity contribution in [1.29, 1.82) is 0 Å². The van der Waals surface area contributed by atoms with Crippen LogP contribution >= 0.6 is 0 Å². The summed E-state index contributed by atoms with van der Waals surface area (Å²) in [6, 6.07) is 56.1. The van der Waals surface area contributed by atoms with Crippen molar-refractivity contribution in [3.8, 4) is 34.6 Å². The van der Waals surface area contributed by atoms with E-state index < -0.39 is 0 Å². The highest BCUT2D eigenvalue weighted by atomic mass is 15.1. The predicted octanol–water partition coefficient (Wildman–Crippen LogP) is 14.1. The van der Waals surface area contributed by atoms with Gasteiger partial charge in [-0.3, -0.25) is 0 Å². The van der Waals surface area contributed by atoms with Crippen LogP contribution in [-0.4, -0.2) is 4.40 Å². The highest BCUT2D eigenvalue weighted by molar-refractivity contribution is 6.26. The fourth-order valence-electron chi connectivity index (χ4n) is 9.31. The number of aromatic nitrogens is 1. The Balaban J connectivity index is 1.26. The van der Waals surface area contributed by atoms with Gasteiger partial charge in [-0.05, 0) is 93.9 Å². The molecule has 2 heteroatoms. The maximum absolute atomic E-state index is 5.82. The molecule has 2 nitrogen and oxygen atoms in total. The van der Waals surface area contributed by atoms with Gasteiger partial charge in [-0.15, -0.1) is 6.42 Å². The first-order valence-corrected chi connectivity index (χ1v) is 19.0. The summed E-state index contributed by atoms with van der Waals surface area (Å²) in [6.07, 6.45) is 9.77. The smallest absolute Gasteiger partial charge is 0.0621 e. The topological polar surface area (TPSA) is 7.65 Å². The highest BCUT2D eigenvalue weighted by Gasteiger charge is 2.38. The van der Waals surface area contributed by atoms with Gasteiger partial charge in [0.1, 0.15) is 0 Å². The molecule has 0 N–H and O–H groups in total. The molecular formula is C52H40N2. The van der Waals surface area contributed by atoms with E-state index in [9.17, 15) is 0 Å². The molecule has 54 heavy (non-hydrogen) atoms. The zero-order valence-corrected chi connectivity index (χ0v) is 30.9. The van der Waals surface area contributed by atoms with Crippen molar-refractivity contribution < 1.29 is 0 Å². The summed E-state index contributed by atoms with van der Waals surface area (Å²) in [7, 11) is 0. The van der Waals surface area contributed by atoms with Crippen molar-refractivity contribution in [2.24, 2.45) is 0 Å². The lowest BCUT2D eigenvalue weighted by Gasteiger charge is -2.29. The van der Waals surface area contributed by atoms with Gasteiger partial charge >= 0.3 is 0 Å². The van der Waals surface area contributed by atoms with Gasteiger partial charge in [0.05, 0.1) is 27.9 Å². The number of nitrogens with zero attached hydrogens (tertiary/aromatic N) is 2. The lowest BCUT2D eigenvalue weighted by molar-refractivity contribution is 0.660. The maximum atomic E-state index is 5.82. The summed E-state index contributed by atoms with van der Waals surface area (Å²) in [6.45, 7) is 6.95. The van der Waals surface area contributed by atoms with E-state index in [1.165, 1.54) is 94.0 Å². The van der Waals surface area contributed by atoms with Crippen molar-refractivity contribution in [1.82, 2.24) is 4.40 Å². The van der Waals surface area contributed by atoms with Crippen LogP contribution in [0.1, 0.15) is 50.3 Å². The molecule has 7 aromatic carbocycles. The van der Waals surface area contributed by atoms with Crippen LogP contribution < -0.4 is 4.90 Å². The third-order valence-electron chi connectivity index (χ3n) is 11.8. The Bertz CT molecular complexity index is 2970. The molecule has 2 heterocycles. The van der Waals surface area contributed by atoms with Gasteiger partial charge in [0.15, 0.2) is 0 Å². The van der Waals surface area contributed by atoms with E-state index >= 15 is 0 Å². The maximum Gasteiger partial charge on any atom is 0.0621 e. The largest absolute Gasteiger partial charge is 0.309 e. The number of allylic oxidation sites excluding steroid dienone is 2. The molecule has 0 amide bonds. The molecule has 0 atom stereocenters. The molecule has 0 unspecified atom stereocenters. The number of anilines is 3. The van der Waals surface area contributed by atoms with Crippen LogP contribution in [0.15, 0.2) is 158 Å². The molecule has 1 aliphatic rings. The minimum absolute atomic E-state index is 0.200. The molecular weight excluding hydrogens is 653 g/mol. The third kappa shape index (κ3) is 4.62. The number of fused-ring (bicyclic) bond motifs is 9. The molecule has 0 spiro atoms. The first-order valence-electron chi connectivity index (χ1n) is 19.0. The predicted molar refractivity (Wildman–Crippen MR) is 231 cm³/mol. The van der Waals surface area contributed by atoms with Gasteiger partial charge in [-0.1, -0.05) is 142 Å². The SMILES string of the molecule is C#C/C=C(\CCC)c1ccc2c(c1)C(C)(C)c1cccc(N(c3ccc(-c4ccccc4)cc3)c3cccc4c3c3cccc5c6ccccc6n4c53)c1-2. The fraction of sp³-hybridized carbons (Fsp3) is 0.115. The molecule has 0 aliphatic heterocycles. The zero-order chi connectivity index (χ0) is 36.6. The van der Waals surface area contributed by atoms with E-state index in [1.54, 1.807) is 0 Å². The summed E-state index contributed by atoms with van der Waals surface area (Å²) < 4.78 is 2.47. The lowest BCUT2D eigenvalue weighted by atomic mass is 9.81. The normalized spacial score (nSPS) is 13.5. The van der Waals surface area contributed by atoms with E-state index in [4.69, 9.17) is 6.42 Å². The molecule has 0 bridgehead atoms. The van der Waals surface area contributed by atoms with Crippen molar-refractivity contribution in [2.75, 3.05) is 4.90 Å². The van der Waals surface area contributed by atoms with Crippen LogP contribution in [0.2, 0.25) is 0 Å². The molecule has 0 saturated heterocycles. The number of terminal acetylenes is 1. The van der Waals surface area contributed by atoms with Crippen LogP contribution in [0.5, 0.6) is 0 Å². The lowest BCUT2D eigenvalue weighted by Crippen LogP contribution is -2.16. The molecule has 0 saturated carbocycles. The molecule has 0 radical (unpaired) electrons. The fourth-order valence-corrected chi connectivity index (χ4v) is 9.31. The van der Waals surface area contributed by atoms with Crippen molar-refractivity contribution in [2.45, 2.75) is 39.0 Å². The van der Waals surface area contributed by atoms with E-state index in [1.807, 2.05) is 6.08 Å². The van der Waals surface area contributed by atoms with E-state index in [0.717, 1.165) is 18.5 Å². The van der Waals surface area contributed by atoms with Gasteiger partial charge in [-0.2, -0.15) is 0 Å². The van der Waals surface area contributed by atoms with Crippen LogP contribution in [0.4, 0.5) is 17.1 Å². The third-order valence-corrected chi connectivity index (χ3v) is 11.8. The van der Waals surface area contributed by atoms with Crippen molar-refractivity contribution in [3.63, 3.8) is 0 Å². The Kier molecular flexibility index (Phi) is 7.29. The van der Waals surface area contributed by atoms with Gasteiger partial charge in [-0.25, -0.2) is 0 Å². The van der Waals surface area contributed by atoms with Crippen molar-refractivity contribution >= 4 is 60.7 Å². The van der Waals surface area contributed by atoms with Gasteiger partial charge < -0.3 is 9.30 Å². The van der Waals surface area contributed by atoms with E-state index in [0.29, 0.717) is 0 Å². The van der Waals surface area contributed by atoms with Crippen LogP contribution in [0, 0.1) is 12.3 Å². The van der Waals surface area contributed by atoms with Crippen molar-refractivity contribution in [3.05, 3.63) is 174 Å². The first kappa shape index (κ1) is 32.1. The second kappa shape index (κ2) is 12.3. The number of rotatable bonds is 7. The molecule has 2 aromatic heterocycles. The minimum atomic E-state index is -0.200. The number of benzene rings is 7. The average molecular weight is 693 g/mol. The second-order valence-electron chi connectivity index (χ2n) is 15.1. The first-order chi connectivity index (χ1) is 26.5. The Morgan fingerprint density at radius 1 is 0.667 bits per heavy atom. The number of hydrogen-bond acceptors (Lipinski definition) is 1. The monoisotopic (exact) mass is 692 g/mol. The summed E-state index contributed by atoms with van der Waals surface area (Å²) in [5.74, 6) is 2.80. The summed E-state index contributed by atoms with van der Waals surface area (Å²) >= 11 is 0. The van der Waals surface area contributed by atoms with E-state index in [-0.39, 0.29) is 5.41 Å². The minimum Gasteiger partial charge on any atom is -0.309 e. The Labute approximate surface area is 317 Å². The second-order valence-corrected chi connectivity index (χ2v) is 15.1. The van der Waals surface area contributed by atoms with Crippen LogP contribution in [0.3, 0.4) is 0 Å². The highest BCUT2D eigenvalue weighted by Crippen LogP contribution is 2.56. The van der Waals surface area contributed by atoms with Gasteiger partial charge in [0, 0.05) is 38.2 Å². The molecule has 9 aromatic rings. The molecule has 1 aliphatic carbocycles. The quantitative estimate of drug-likeness (QED) is 0.151. The number of para-hydroxylation sites is 2. The Hall–Kier alpha value is -6.56. The van der Waals surface area contributed by atoms with Crippen LogP contribution in [0.25, 0.3) is 65.9 Å². The zero-order valence-electron chi connectivity index (χ0n) is 30.9. The summed E-state index contributed by atoms with van der Waals surface area (Å²) in [5, 5.41) is 5.10. The number of hydrogen-bond donors (Lipinski definition) is 0. The van der Waals surface area contributed by atoms with Gasteiger partial charge in [0.2, 0.25) is 0 Å². The Morgan fingerprint density at radius 3 is 2.17 bits per heavy atom. The Morgan fingerprint density at radius 2 is 1.35 bits per heavy atom. The molecule has 258 valence electrons. The molecule has 10 rings (SSSR count). The standard InChI is InChI=1S/C52H40N2/c1-5-15-34(16-6-2)37-29-32-41-44(33-37)52(3,4)43-22-13-24-46(49(41)43)53(38-30-27-36(28-31-38)35-17-8-7-9-18-35)47-25-14-26-48-50(47)42-21-12-20-40-39-19-10-11-23-45(39)54(48)51(40)42/h1,7-15,17-33H,6,16H2,2-4H3/b34-15+. The van der Waals surface area contributed by atoms with E-state index in [2.05, 4.69) is 188 Å². The summed E-state index contributed by atoms with van der Waals surface area (Å²) in [5.41, 5.74) is 17.1. The average Bonchev–Trinajstić information content (AvgIpc) is 3.82. The van der Waals surface area contributed by atoms with Crippen LogP contribution in [-0.2, 0) is 5.41 Å².